The zero-order valence-electron chi connectivity index (χ0n) is 12.4. The molecule has 2 aromatic rings. The summed E-state index contributed by atoms with van der Waals surface area (Å²) >= 11 is 1.51. The van der Waals surface area contributed by atoms with Crippen LogP contribution in [0.1, 0.15) is 25.0 Å². The number of hydrogen-bond acceptors (Lipinski definition) is 5. The smallest absolute Gasteiger partial charge is 0.240 e. The Labute approximate surface area is 134 Å². The molecule has 0 saturated heterocycles. The second kappa shape index (κ2) is 5.73. The quantitative estimate of drug-likeness (QED) is 0.876. The zero-order chi connectivity index (χ0) is 15.8. The summed E-state index contributed by atoms with van der Waals surface area (Å²) in [4.78, 5) is 4.65. The summed E-state index contributed by atoms with van der Waals surface area (Å²) in [5, 5.41) is 2.77. The minimum Gasteiger partial charge on any atom is -0.324 e. The number of sulfonamides is 1. The van der Waals surface area contributed by atoms with Gasteiger partial charge in [-0.1, -0.05) is 12.1 Å². The largest absolute Gasteiger partial charge is 0.324 e. The van der Waals surface area contributed by atoms with E-state index in [-0.39, 0.29) is 17.0 Å². The van der Waals surface area contributed by atoms with Crippen molar-refractivity contribution in [2.75, 3.05) is 6.54 Å². The fourth-order valence-corrected chi connectivity index (χ4v) is 4.39. The molecule has 1 aliphatic rings. The molecule has 1 aromatic heterocycles. The number of benzene rings is 1. The summed E-state index contributed by atoms with van der Waals surface area (Å²) in [6.07, 6.45) is 2.80. The molecule has 3 rings (SSSR count). The Morgan fingerprint density at radius 1 is 1.41 bits per heavy atom. The highest BCUT2D eigenvalue weighted by atomic mass is 32.2. The number of nitrogens with zero attached hydrogens (tertiary/aromatic N) is 1. The lowest BCUT2D eigenvalue weighted by molar-refractivity contribution is 0.251. The molecule has 0 aliphatic heterocycles. The van der Waals surface area contributed by atoms with Crippen LogP contribution in [-0.4, -0.2) is 25.5 Å². The molecule has 3 N–H and O–H groups in total. The van der Waals surface area contributed by atoms with Crippen molar-refractivity contribution in [1.82, 2.24) is 9.71 Å². The first-order valence-corrected chi connectivity index (χ1v) is 9.55. The van der Waals surface area contributed by atoms with Gasteiger partial charge in [-0.25, -0.2) is 18.1 Å². The minimum absolute atomic E-state index is 0.251. The monoisotopic (exact) mass is 337 g/mol. The van der Waals surface area contributed by atoms with Crippen molar-refractivity contribution in [3.8, 4) is 10.6 Å². The van der Waals surface area contributed by atoms with Crippen LogP contribution in [0.25, 0.3) is 10.6 Å². The van der Waals surface area contributed by atoms with Gasteiger partial charge in [0.15, 0.2) is 0 Å². The van der Waals surface area contributed by atoms with Gasteiger partial charge in [-0.15, -0.1) is 11.3 Å². The van der Waals surface area contributed by atoms with Crippen molar-refractivity contribution in [3.05, 3.63) is 35.3 Å². The fourth-order valence-electron chi connectivity index (χ4n) is 2.41. The lowest BCUT2D eigenvalue weighted by Gasteiger charge is -2.38. The van der Waals surface area contributed by atoms with Gasteiger partial charge in [-0.3, -0.25) is 0 Å². The maximum atomic E-state index is 12.4. The van der Waals surface area contributed by atoms with E-state index in [1.165, 1.54) is 11.3 Å². The molecule has 22 heavy (non-hydrogen) atoms. The highest BCUT2D eigenvalue weighted by molar-refractivity contribution is 7.89. The Kier molecular flexibility index (Phi) is 4.07. The third-order valence-corrected chi connectivity index (χ3v) is 6.38. The lowest BCUT2D eigenvalue weighted by atomic mass is 9.78. The summed E-state index contributed by atoms with van der Waals surface area (Å²) in [5.41, 5.74) is 7.44. The predicted molar refractivity (Wildman–Crippen MR) is 88.2 cm³/mol. The summed E-state index contributed by atoms with van der Waals surface area (Å²) in [6, 6.07) is 6.86. The fraction of sp³-hybridized carbons (Fsp3) is 0.400. The van der Waals surface area contributed by atoms with Crippen LogP contribution < -0.4 is 10.5 Å². The molecule has 1 fully saturated rings. The van der Waals surface area contributed by atoms with Crippen LogP contribution in [0.5, 0.6) is 0 Å². The molecule has 0 spiro atoms. The van der Waals surface area contributed by atoms with Crippen LogP contribution in [0.4, 0.5) is 0 Å². The standard InChI is InChI=1S/C15H19N3O2S2/c1-11-9-21-14(18-11)12-4-2-5-13(8-12)22(19,20)17-10-15(16)6-3-7-15/h2,4-5,8-9,17H,3,6-7,10,16H2,1H3. The van der Waals surface area contributed by atoms with Gasteiger partial charge in [0.05, 0.1) is 4.90 Å². The normalized spacial score (nSPS) is 17.2. The van der Waals surface area contributed by atoms with Crippen molar-refractivity contribution in [2.24, 2.45) is 5.73 Å². The molecule has 0 bridgehead atoms. The van der Waals surface area contributed by atoms with E-state index in [2.05, 4.69) is 9.71 Å². The van der Waals surface area contributed by atoms with Crippen molar-refractivity contribution < 1.29 is 8.42 Å². The Morgan fingerprint density at radius 3 is 2.77 bits per heavy atom. The first-order chi connectivity index (χ1) is 10.4. The molecular weight excluding hydrogens is 318 g/mol. The van der Waals surface area contributed by atoms with Crippen LogP contribution in [0.2, 0.25) is 0 Å². The maximum absolute atomic E-state index is 12.4. The minimum atomic E-state index is -3.55. The molecule has 1 aliphatic carbocycles. The molecule has 5 nitrogen and oxygen atoms in total. The topological polar surface area (TPSA) is 85.1 Å². The van der Waals surface area contributed by atoms with Gasteiger partial charge in [0.2, 0.25) is 10.0 Å². The summed E-state index contributed by atoms with van der Waals surface area (Å²) in [7, 11) is -3.55. The summed E-state index contributed by atoms with van der Waals surface area (Å²) in [5.74, 6) is 0. The van der Waals surface area contributed by atoms with E-state index in [9.17, 15) is 8.42 Å². The van der Waals surface area contributed by atoms with Crippen LogP contribution in [0.3, 0.4) is 0 Å². The highest BCUT2D eigenvalue weighted by Gasteiger charge is 2.33. The van der Waals surface area contributed by atoms with Gasteiger partial charge in [0.25, 0.3) is 0 Å². The van der Waals surface area contributed by atoms with Gasteiger partial charge in [-0.2, -0.15) is 0 Å². The van der Waals surface area contributed by atoms with Crippen LogP contribution in [-0.2, 0) is 10.0 Å². The van der Waals surface area contributed by atoms with Gasteiger partial charge in [0, 0.05) is 28.7 Å². The lowest BCUT2D eigenvalue weighted by Crippen LogP contribution is -2.54. The number of thiazole rings is 1. The number of rotatable bonds is 5. The van der Waals surface area contributed by atoms with E-state index < -0.39 is 10.0 Å². The number of nitrogens with two attached hydrogens (primary N) is 1. The van der Waals surface area contributed by atoms with Gasteiger partial charge in [0.1, 0.15) is 5.01 Å². The first kappa shape index (κ1) is 15.6. The Morgan fingerprint density at radius 2 is 2.18 bits per heavy atom. The van der Waals surface area contributed by atoms with E-state index in [1.807, 2.05) is 18.4 Å². The van der Waals surface area contributed by atoms with Crippen LogP contribution in [0, 0.1) is 6.92 Å². The molecule has 7 heteroatoms. The molecule has 0 amide bonds. The van der Waals surface area contributed by atoms with E-state index >= 15 is 0 Å². The number of nitrogens with one attached hydrogen (secondary N) is 1. The number of hydrogen-bond donors (Lipinski definition) is 2. The van der Waals surface area contributed by atoms with Crippen molar-refractivity contribution in [1.29, 1.82) is 0 Å². The molecular formula is C15H19N3O2S2. The second-order valence-electron chi connectivity index (χ2n) is 5.86. The van der Waals surface area contributed by atoms with E-state index in [0.717, 1.165) is 35.5 Å². The van der Waals surface area contributed by atoms with E-state index in [1.54, 1.807) is 18.2 Å². The average molecular weight is 337 g/mol. The summed E-state index contributed by atoms with van der Waals surface area (Å²) < 4.78 is 27.5. The van der Waals surface area contributed by atoms with Gasteiger partial charge < -0.3 is 5.73 Å². The maximum Gasteiger partial charge on any atom is 0.240 e. The highest BCUT2D eigenvalue weighted by Crippen LogP contribution is 2.29. The van der Waals surface area contributed by atoms with E-state index in [0.29, 0.717) is 0 Å². The van der Waals surface area contributed by atoms with Gasteiger partial charge >= 0.3 is 0 Å². The van der Waals surface area contributed by atoms with E-state index in [4.69, 9.17) is 5.73 Å². The summed E-state index contributed by atoms with van der Waals surface area (Å²) in [6.45, 7) is 2.21. The zero-order valence-corrected chi connectivity index (χ0v) is 14.0. The van der Waals surface area contributed by atoms with Gasteiger partial charge in [-0.05, 0) is 38.3 Å². The SMILES string of the molecule is Cc1csc(-c2cccc(S(=O)(=O)NCC3(N)CCC3)c2)n1. The molecule has 0 unspecified atom stereocenters. The third kappa shape index (κ3) is 3.22. The Hall–Kier alpha value is -1.28. The van der Waals surface area contributed by atoms with Crippen molar-refractivity contribution in [2.45, 2.75) is 36.6 Å². The third-order valence-electron chi connectivity index (χ3n) is 3.97. The Balaban J connectivity index is 1.81. The number of aromatic nitrogens is 1. The van der Waals surface area contributed by atoms with Crippen molar-refractivity contribution >= 4 is 21.4 Å². The van der Waals surface area contributed by atoms with Crippen LogP contribution in [0.15, 0.2) is 34.5 Å². The molecule has 1 heterocycles. The number of aryl methyl sites for hydroxylation is 1. The molecule has 0 atom stereocenters. The predicted octanol–water partition coefficient (Wildman–Crippen LogP) is 2.28. The average Bonchev–Trinajstić information content (AvgIpc) is 2.90. The van der Waals surface area contributed by atoms with Crippen LogP contribution >= 0.6 is 11.3 Å². The van der Waals surface area contributed by atoms with Crippen molar-refractivity contribution in [3.63, 3.8) is 0 Å². The molecule has 118 valence electrons. The first-order valence-electron chi connectivity index (χ1n) is 7.19. The molecule has 1 aromatic carbocycles. The molecule has 1 saturated carbocycles. The second-order valence-corrected chi connectivity index (χ2v) is 8.49. The molecule has 0 radical (unpaired) electrons. The Bertz CT molecular complexity index is 780.